The third-order valence-electron chi connectivity index (χ3n) is 5.46. The van der Waals surface area contributed by atoms with Crippen molar-refractivity contribution in [3.05, 3.63) is 41.6 Å². The second-order valence-corrected chi connectivity index (χ2v) is 7.69. The molecule has 1 saturated heterocycles. The fraction of sp³-hybridized carbons (Fsp3) is 0.550. The van der Waals surface area contributed by atoms with Gasteiger partial charge in [0.15, 0.2) is 5.82 Å². The van der Waals surface area contributed by atoms with Gasteiger partial charge in [-0.2, -0.15) is 4.98 Å². The molecule has 1 unspecified atom stereocenters. The number of amides is 2. The molecule has 0 radical (unpaired) electrons. The summed E-state index contributed by atoms with van der Waals surface area (Å²) < 4.78 is 18.4. The van der Waals surface area contributed by atoms with E-state index in [2.05, 4.69) is 15.1 Å². The van der Waals surface area contributed by atoms with Crippen molar-refractivity contribution < 1.29 is 18.5 Å². The zero-order valence-electron chi connectivity index (χ0n) is 16.4. The Morgan fingerprint density at radius 3 is 2.83 bits per heavy atom. The number of halogens is 1. The number of rotatable bonds is 6. The van der Waals surface area contributed by atoms with Crippen LogP contribution in [0.1, 0.15) is 60.7 Å². The second-order valence-electron chi connectivity index (χ2n) is 7.69. The van der Waals surface area contributed by atoms with E-state index < -0.39 is 5.82 Å². The highest BCUT2D eigenvalue weighted by atomic mass is 19.1. The Morgan fingerprint density at radius 1 is 1.31 bits per heavy atom. The highest BCUT2D eigenvalue weighted by Gasteiger charge is 2.31. The maximum absolute atomic E-state index is 13.1. The van der Waals surface area contributed by atoms with E-state index in [0.29, 0.717) is 43.7 Å². The lowest BCUT2D eigenvalue weighted by atomic mass is 10.0. The molecule has 1 atom stereocenters. The maximum atomic E-state index is 13.1. The highest BCUT2D eigenvalue weighted by molar-refractivity contribution is 5.92. The molecule has 2 aliphatic rings. The van der Waals surface area contributed by atoms with Crippen molar-refractivity contribution in [1.82, 2.24) is 24.9 Å². The van der Waals surface area contributed by atoms with Crippen LogP contribution in [0.3, 0.4) is 0 Å². The van der Waals surface area contributed by atoms with Crippen LogP contribution in [-0.4, -0.2) is 62.4 Å². The summed E-state index contributed by atoms with van der Waals surface area (Å²) in [6, 6.07) is 2.53. The van der Waals surface area contributed by atoms with Gasteiger partial charge < -0.3 is 14.3 Å². The number of likely N-dealkylation sites (tertiary alicyclic amines) is 1. The van der Waals surface area contributed by atoms with Crippen LogP contribution < -0.4 is 0 Å². The summed E-state index contributed by atoms with van der Waals surface area (Å²) in [5.74, 6) is 0.929. The number of aromatic nitrogens is 3. The van der Waals surface area contributed by atoms with Crippen molar-refractivity contribution in [2.45, 2.75) is 51.0 Å². The van der Waals surface area contributed by atoms with Gasteiger partial charge in [0.25, 0.3) is 5.91 Å². The predicted octanol–water partition coefficient (Wildman–Crippen LogP) is 2.18. The van der Waals surface area contributed by atoms with E-state index in [9.17, 15) is 14.0 Å². The van der Waals surface area contributed by atoms with Crippen molar-refractivity contribution in [3.8, 4) is 0 Å². The second kappa shape index (κ2) is 8.26. The summed E-state index contributed by atoms with van der Waals surface area (Å²) in [7, 11) is 0. The van der Waals surface area contributed by atoms with Gasteiger partial charge in [-0.3, -0.25) is 9.59 Å². The first-order valence-corrected chi connectivity index (χ1v) is 10.0. The Bertz CT molecular complexity index is 880. The van der Waals surface area contributed by atoms with E-state index in [-0.39, 0.29) is 23.6 Å². The minimum atomic E-state index is -0.480. The fourth-order valence-electron chi connectivity index (χ4n) is 3.74. The molecule has 3 heterocycles. The molecule has 2 amide bonds. The average molecular weight is 401 g/mol. The lowest BCUT2D eigenvalue weighted by Gasteiger charge is -2.38. The number of carbonyl (C=O) groups excluding carboxylic acids is 2. The molecule has 0 spiro atoms. The molecule has 2 fully saturated rings. The molecule has 9 heteroatoms. The summed E-state index contributed by atoms with van der Waals surface area (Å²) in [6.45, 7) is 3.03. The summed E-state index contributed by atoms with van der Waals surface area (Å²) >= 11 is 0. The van der Waals surface area contributed by atoms with E-state index in [1.807, 2.05) is 0 Å². The lowest BCUT2D eigenvalue weighted by molar-refractivity contribution is -0.132. The van der Waals surface area contributed by atoms with Crippen molar-refractivity contribution in [1.29, 1.82) is 0 Å². The molecule has 2 aromatic rings. The molecule has 8 nitrogen and oxygen atoms in total. The molecule has 0 N–H and O–H groups in total. The Kier molecular flexibility index (Phi) is 5.55. The van der Waals surface area contributed by atoms with Crippen LogP contribution in [0.5, 0.6) is 0 Å². The van der Waals surface area contributed by atoms with Gasteiger partial charge >= 0.3 is 0 Å². The fourth-order valence-corrected chi connectivity index (χ4v) is 3.74. The number of hydrogen-bond acceptors (Lipinski definition) is 6. The largest absolute Gasteiger partial charge is 0.339 e. The van der Waals surface area contributed by atoms with Crippen LogP contribution >= 0.6 is 0 Å². The van der Waals surface area contributed by atoms with Gasteiger partial charge in [-0.25, -0.2) is 9.37 Å². The molecule has 0 bridgehead atoms. The first-order chi connectivity index (χ1) is 14.0. The average Bonchev–Trinajstić information content (AvgIpc) is 3.47. The number of pyridine rings is 1. The minimum absolute atomic E-state index is 0.0462. The van der Waals surface area contributed by atoms with Crippen LogP contribution in [0, 0.1) is 5.82 Å². The molecule has 1 aliphatic heterocycles. The number of piperidine rings is 1. The Balaban J connectivity index is 1.39. The van der Waals surface area contributed by atoms with Gasteiger partial charge in [-0.05, 0) is 37.8 Å². The summed E-state index contributed by atoms with van der Waals surface area (Å²) in [4.78, 5) is 36.8. The van der Waals surface area contributed by atoms with Crippen LogP contribution in [-0.2, 0) is 11.2 Å². The maximum Gasteiger partial charge on any atom is 0.272 e. The quantitative estimate of drug-likeness (QED) is 0.737. The van der Waals surface area contributed by atoms with Gasteiger partial charge in [0.1, 0.15) is 11.5 Å². The first-order valence-electron chi connectivity index (χ1n) is 10.0. The van der Waals surface area contributed by atoms with Crippen molar-refractivity contribution in [2.75, 3.05) is 19.6 Å². The number of nitrogens with zero attached hydrogens (tertiary/aromatic N) is 5. The molecule has 4 rings (SSSR count). The summed E-state index contributed by atoms with van der Waals surface area (Å²) in [5.41, 5.74) is 0.209. The minimum Gasteiger partial charge on any atom is -0.339 e. The number of carbonyl (C=O) groups is 2. The first kappa shape index (κ1) is 19.5. The zero-order chi connectivity index (χ0) is 20.4. The van der Waals surface area contributed by atoms with E-state index >= 15 is 0 Å². The molecule has 1 saturated carbocycles. The van der Waals surface area contributed by atoms with E-state index in [0.717, 1.165) is 31.9 Å². The van der Waals surface area contributed by atoms with Crippen LogP contribution in [0.15, 0.2) is 22.9 Å². The summed E-state index contributed by atoms with van der Waals surface area (Å²) in [5, 5.41) is 4.02. The lowest BCUT2D eigenvalue weighted by Crippen LogP contribution is -2.51. The Morgan fingerprint density at radius 2 is 2.14 bits per heavy atom. The standard InChI is InChI=1S/C20H24FN5O3/c1-13(27)26(10-8-18-23-19(29-24-18)14-4-5-14)16-3-2-9-25(12-16)20(28)17-7-6-15(21)11-22-17/h6-7,11,14,16H,2-5,8-10,12H2,1H3. The van der Waals surface area contributed by atoms with E-state index in [1.54, 1.807) is 9.80 Å². The molecule has 154 valence electrons. The monoisotopic (exact) mass is 401 g/mol. The molecule has 1 aliphatic carbocycles. The van der Waals surface area contributed by atoms with Gasteiger partial charge in [0.2, 0.25) is 11.8 Å². The van der Waals surface area contributed by atoms with Crippen molar-refractivity contribution in [3.63, 3.8) is 0 Å². The Hall–Kier alpha value is -2.84. The van der Waals surface area contributed by atoms with E-state index in [1.165, 1.54) is 19.1 Å². The summed E-state index contributed by atoms with van der Waals surface area (Å²) in [6.07, 6.45) is 5.35. The van der Waals surface area contributed by atoms with Crippen LogP contribution in [0.4, 0.5) is 4.39 Å². The van der Waals surface area contributed by atoms with Crippen molar-refractivity contribution >= 4 is 11.8 Å². The smallest absolute Gasteiger partial charge is 0.272 e. The topological polar surface area (TPSA) is 92.4 Å². The molecular weight excluding hydrogens is 377 g/mol. The van der Waals surface area contributed by atoms with E-state index in [4.69, 9.17) is 4.52 Å². The molecule has 29 heavy (non-hydrogen) atoms. The predicted molar refractivity (Wildman–Crippen MR) is 100 cm³/mol. The van der Waals surface area contributed by atoms with Gasteiger partial charge in [-0.1, -0.05) is 5.16 Å². The normalized spacial score (nSPS) is 19.2. The molecule has 0 aromatic carbocycles. The zero-order valence-corrected chi connectivity index (χ0v) is 16.4. The van der Waals surface area contributed by atoms with Crippen LogP contribution in [0.25, 0.3) is 0 Å². The third kappa shape index (κ3) is 4.60. The van der Waals surface area contributed by atoms with Crippen LogP contribution in [0.2, 0.25) is 0 Å². The highest BCUT2D eigenvalue weighted by Crippen LogP contribution is 2.38. The SMILES string of the molecule is CC(=O)N(CCc1noc(C2CC2)n1)C1CCCN(C(=O)c2ccc(F)cn2)C1. The van der Waals surface area contributed by atoms with Gasteiger partial charge in [0, 0.05) is 44.9 Å². The number of hydrogen-bond donors (Lipinski definition) is 0. The third-order valence-corrected chi connectivity index (χ3v) is 5.46. The van der Waals surface area contributed by atoms with Gasteiger partial charge in [0.05, 0.1) is 6.20 Å². The molecular formula is C20H24FN5O3. The molecule has 2 aromatic heterocycles. The van der Waals surface area contributed by atoms with Gasteiger partial charge in [-0.15, -0.1) is 0 Å². The van der Waals surface area contributed by atoms with Crippen molar-refractivity contribution in [2.24, 2.45) is 0 Å². The Labute approximate surface area is 168 Å².